The largest absolute Gasteiger partial charge is 0.389 e. The zero-order valence-corrected chi connectivity index (χ0v) is 10.2. The first-order valence-electron chi connectivity index (χ1n) is 5.91. The van der Waals surface area contributed by atoms with Gasteiger partial charge >= 0.3 is 0 Å². The van der Waals surface area contributed by atoms with Gasteiger partial charge < -0.3 is 9.84 Å². The fourth-order valence-electron chi connectivity index (χ4n) is 3.18. The molecule has 1 heterocycles. The molecular formula is C13H22O2. The summed E-state index contributed by atoms with van der Waals surface area (Å²) in [5.41, 5.74) is 0.0702. The summed E-state index contributed by atoms with van der Waals surface area (Å²) in [6.45, 7) is 8.51. The van der Waals surface area contributed by atoms with E-state index in [1.54, 1.807) is 6.92 Å². The highest BCUT2D eigenvalue weighted by atomic mass is 16.6. The number of rotatable bonds is 2. The Hall–Kier alpha value is -0.340. The number of hydrogen-bond acceptors (Lipinski definition) is 2. The van der Waals surface area contributed by atoms with Gasteiger partial charge in [-0.05, 0) is 33.1 Å². The third kappa shape index (κ3) is 1.46. The summed E-state index contributed by atoms with van der Waals surface area (Å²) in [6.07, 6.45) is 7.15. The van der Waals surface area contributed by atoms with Gasteiger partial charge in [-0.3, -0.25) is 0 Å². The molecule has 15 heavy (non-hydrogen) atoms. The average molecular weight is 210 g/mol. The molecule has 2 aliphatic rings. The minimum Gasteiger partial charge on any atom is -0.389 e. The molecular weight excluding hydrogens is 188 g/mol. The highest BCUT2D eigenvalue weighted by Gasteiger charge is 2.73. The lowest BCUT2D eigenvalue weighted by Gasteiger charge is -2.36. The Morgan fingerprint density at radius 2 is 1.93 bits per heavy atom. The fraction of sp³-hybridized carbons (Fsp3) is 0.846. The summed E-state index contributed by atoms with van der Waals surface area (Å²) in [4.78, 5) is 0. The normalized spacial score (nSPS) is 45.1. The topological polar surface area (TPSA) is 32.8 Å². The maximum absolute atomic E-state index is 9.33. The summed E-state index contributed by atoms with van der Waals surface area (Å²) in [5.74, 6) is 0. The molecule has 2 nitrogen and oxygen atoms in total. The van der Waals surface area contributed by atoms with Gasteiger partial charge in [0.2, 0.25) is 0 Å². The molecule has 2 rings (SSSR count). The standard InChI is InChI=1S/C13H22O2/c1-10(14)6-9-13-11(2,3)7-5-8-12(13,4)15-13/h6,9-10,14H,5,7-8H2,1-4H3/t10-,12+,13-/m0/s1. The lowest BCUT2D eigenvalue weighted by atomic mass is 9.64. The molecule has 3 atom stereocenters. The van der Waals surface area contributed by atoms with Crippen LogP contribution in [0.2, 0.25) is 0 Å². The quantitative estimate of drug-likeness (QED) is 0.561. The second kappa shape index (κ2) is 3.08. The van der Waals surface area contributed by atoms with E-state index < -0.39 is 0 Å². The van der Waals surface area contributed by atoms with Crippen molar-refractivity contribution in [2.75, 3.05) is 0 Å². The van der Waals surface area contributed by atoms with E-state index in [0.717, 1.165) is 6.42 Å². The first kappa shape index (κ1) is 11.2. The summed E-state index contributed by atoms with van der Waals surface area (Å²) >= 11 is 0. The summed E-state index contributed by atoms with van der Waals surface area (Å²) in [5, 5.41) is 9.33. The molecule has 0 bridgehead atoms. The van der Waals surface area contributed by atoms with Crippen molar-refractivity contribution < 1.29 is 9.84 Å². The van der Waals surface area contributed by atoms with E-state index in [0.29, 0.717) is 0 Å². The molecule has 0 aromatic rings. The zero-order valence-electron chi connectivity index (χ0n) is 10.2. The molecule has 0 spiro atoms. The molecule has 1 saturated heterocycles. The lowest BCUT2D eigenvalue weighted by Crippen LogP contribution is -2.41. The van der Waals surface area contributed by atoms with Gasteiger partial charge in [-0.15, -0.1) is 0 Å². The van der Waals surface area contributed by atoms with Crippen LogP contribution >= 0.6 is 0 Å². The van der Waals surface area contributed by atoms with Crippen molar-refractivity contribution in [3.05, 3.63) is 12.2 Å². The Morgan fingerprint density at radius 1 is 1.27 bits per heavy atom. The van der Waals surface area contributed by atoms with Crippen molar-refractivity contribution in [2.45, 2.75) is 64.3 Å². The average Bonchev–Trinajstić information content (AvgIpc) is 2.70. The van der Waals surface area contributed by atoms with E-state index >= 15 is 0 Å². The van der Waals surface area contributed by atoms with Crippen LogP contribution in [-0.4, -0.2) is 22.4 Å². The van der Waals surface area contributed by atoms with Gasteiger partial charge in [0, 0.05) is 5.41 Å². The van der Waals surface area contributed by atoms with Gasteiger partial charge in [0.15, 0.2) is 0 Å². The van der Waals surface area contributed by atoms with E-state index in [4.69, 9.17) is 4.74 Å². The minimum absolute atomic E-state index is 0.0140. The van der Waals surface area contributed by atoms with Crippen molar-refractivity contribution in [1.29, 1.82) is 0 Å². The van der Waals surface area contributed by atoms with Gasteiger partial charge in [0.25, 0.3) is 0 Å². The molecule has 0 amide bonds. The SMILES string of the molecule is C[C@H](O)C=C[C@@]12O[C@]1(C)CCCC2(C)C. The maximum Gasteiger partial charge on any atom is 0.121 e. The molecule has 1 aliphatic heterocycles. The van der Waals surface area contributed by atoms with E-state index in [1.165, 1.54) is 12.8 Å². The van der Waals surface area contributed by atoms with Crippen molar-refractivity contribution in [2.24, 2.45) is 5.41 Å². The van der Waals surface area contributed by atoms with Crippen LogP contribution in [0.15, 0.2) is 12.2 Å². The molecule has 0 unspecified atom stereocenters. The molecule has 1 saturated carbocycles. The second-order valence-electron chi connectivity index (χ2n) is 5.91. The third-order valence-corrected chi connectivity index (χ3v) is 4.20. The van der Waals surface area contributed by atoms with Crippen LogP contribution in [0.5, 0.6) is 0 Å². The molecule has 1 N–H and O–H groups in total. The van der Waals surface area contributed by atoms with Crippen molar-refractivity contribution in [1.82, 2.24) is 0 Å². The molecule has 0 aromatic heterocycles. The van der Waals surface area contributed by atoms with E-state index in [1.807, 2.05) is 6.08 Å². The molecule has 0 aromatic carbocycles. The van der Waals surface area contributed by atoms with E-state index in [-0.39, 0.29) is 22.7 Å². The highest BCUT2D eigenvalue weighted by molar-refractivity contribution is 5.31. The summed E-state index contributed by atoms with van der Waals surface area (Å²) in [6, 6.07) is 0. The number of fused-ring (bicyclic) bond motifs is 1. The first-order chi connectivity index (χ1) is 6.83. The van der Waals surface area contributed by atoms with Crippen molar-refractivity contribution in [3.8, 4) is 0 Å². The Balaban J connectivity index is 2.26. The Labute approximate surface area is 92.3 Å². The lowest BCUT2D eigenvalue weighted by molar-refractivity contribution is 0.163. The number of aliphatic hydroxyl groups is 1. The molecule has 2 heteroatoms. The van der Waals surface area contributed by atoms with Gasteiger partial charge in [-0.2, -0.15) is 0 Å². The minimum atomic E-state index is -0.384. The number of aliphatic hydroxyl groups excluding tert-OH is 1. The number of epoxide rings is 1. The summed E-state index contributed by atoms with van der Waals surface area (Å²) < 4.78 is 6.02. The van der Waals surface area contributed by atoms with Gasteiger partial charge in [-0.25, -0.2) is 0 Å². The summed E-state index contributed by atoms with van der Waals surface area (Å²) in [7, 11) is 0. The Kier molecular flexibility index (Phi) is 2.29. The van der Waals surface area contributed by atoms with Crippen LogP contribution in [0.4, 0.5) is 0 Å². The Morgan fingerprint density at radius 3 is 2.47 bits per heavy atom. The predicted molar refractivity (Wildman–Crippen MR) is 60.7 cm³/mol. The number of ether oxygens (including phenoxy) is 1. The van der Waals surface area contributed by atoms with Crippen LogP contribution in [0.1, 0.15) is 47.0 Å². The third-order valence-electron chi connectivity index (χ3n) is 4.20. The van der Waals surface area contributed by atoms with Gasteiger partial charge in [0.05, 0.1) is 11.7 Å². The van der Waals surface area contributed by atoms with Crippen LogP contribution in [0.25, 0.3) is 0 Å². The van der Waals surface area contributed by atoms with Crippen molar-refractivity contribution >= 4 is 0 Å². The van der Waals surface area contributed by atoms with E-state index in [9.17, 15) is 5.11 Å². The van der Waals surface area contributed by atoms with Gasteiger partial charge in [-0.1, -0.05) is 26.0 Å². The second-order valence-corrected chi connectivity index (χ2v) is 5.91. The van der Waals surface area contributed by atoms with Crippen LogP contribution in [0.3, 0.4) is 0 Å². The highest BCUT2D eigenvalue weighted by Crippen LogP contribution is 2.65. The predicted octanol–water partition coefficient (Wildman–Crippen LogP) is 2.66. The monoisotopic (exact) mass is 210 g/mol. The molecule has 2 fully saturated rings. The smallest absolute Gasteiger partial charge is 0.121 e. The maximum atomic E-state index is 9.33. The van der Waals surface area contributed by atoms with Crippen LogP contribution < -0.4 is 0 Å². The molecule has 1 aliphatic carbocycles. The molecule has 0 radical (unpaired) electrons. The van der Waals surface area contributed by atoms with Crippen LogP contribution in [-0.2, 0) is 4.74 Å². The van der Waals surface area contributed by atoms with Gasteiger partial charge in [0.1, 0.15) is 5.60 Å². The zero-order chi connectivity index (χ0) is 11.3. The first-order valence-corrected chi connectivity index (χ1v) is 5.91. The Bertz CT molecular complexity index is 293. The van der Waals surface area contributed by atoms with E-state index in [2.05, 4.69) is 26.8 Å². The number of hydrogen-bond donors (Lipinski definition) is 1. The van der Waals surface area contributed by atoms with Crippen molar-refractivity contribution in [3.63, 3.8) is 0 Å². The fourth-order valence-corrected chi connectivity index (χ4v) is 3.18. The molecule has 86 valence electrons. The van der Waals surface area contributed by atoms with Crippen LogP contribution in [0, 0.1) is 5.41 Å².